The first kappa shape index (κ1) is 19.2. The van der Waals surface area contributed by atoms with Gasteiger partial charge in [-0.25, -0.2) is 4.79 Å². The fourth-order valence-corrected chi connectivity index (χ4v) is 3.00. The second kappa shape index (κ2) is 8.85. The van der Waals surface area contributed by atoms with E-state index in [9.17, 15) is 14.7 Å². The Morgan fingerprint density at radius 3 is 2.70 bits per heavy atom. The molecule has 142 valence electrons. The van der Waals surface area contributed by atoms with Crippen molar-refractivity contribution in [3.63, 3.8) is 0 Å². The Bertz CT molecular complexity index is 830. The lowest BCUT2D eigenvalue weighted by atomic mass is 10.1. The van der Waals surface area contributed by atoms with Crippen LogP contribution in [0.25, 0.3) is 0 Å². The van der Waals surface area contributed by atoms with Crippen LogP contribution in [0, 0.1) is 0 Å². The van der Waals surface area contributed by atoms with Gasteiger partial charge in [0.2, 0.25) is 5.91 Å². The van der Waals surface area contributed by atoms with Crippen LogP contribution in [-0.2, 0) is 11.3 Å². The molecule has 1 fully saturated rings. The molecule has 1 aliphatic heterocycles. The molecule has 2 atom stereocenters. The molecule has 3 rings (SSSR count). The molecule has 1 saturated heterocycles. The lowest BCUT2D eigenvalue weighted by molar-refractivity contribution is -0.117. The van der Waals surface area contributed by atoms with Crippen molar-refractivity contribution in [2.24, 2.45) is 0 Å². The zero-order valence-electron chi connectivity index (χ0n) is 14.5. The van der Waals surface area contributed by atoms with Crippen LogP contribution in [0.1, 0.15) is 12.0 Å². The smallest absolute Gasteiger partial charge is 0.319 e. The lowest BCUT2D eigenvalue weighted by Gasteiger charge is -2.12. The van der Waals surface area contributed by atoms with Gasteiger partial charge in [0.15, 0.2) is 0 Å². The first-order valence-corrected chi connectivity index (χ1v) is 8.99. The van der Waals surface area contributed by atoms with Gasteiger partial charge in [0.25, 0.3) is 0 Å². The van der Waals surface area contributed by atoms with Crippen LogP contribution < -0.4 is 21.3 Å². The number of hydrogen-bond donors (Lipinski definition) is 5. The van der Waals surface area contributed by atoms with Crippen molar-refractivity contribution >= 4 is 34.9 Å². The molecule has 0 radical (unpaired) electrons. The van der Waals surface area contributed by atoms with Crippen LogP contribution in [0.4, 0.5) is 16.2 Å². The lowest BCUT2D eigenvalue weighted by Crippen LogP contribution is -2.35. The van der Waals surface area contributed by atoms with Crippen LogP contribution in [0.2, 0.25) is 5.02 Å². The topological polar surface area (TPSA) is 102 Å². The van der Waals surface area contributed by atoms with Gasteiger partial charge in [0, 0.05) is 18.8 Å². The van der Waals surface area contributed by atoms with Crippen molar-refractivity contribution < 1.29 is 14.7 Å². The Morgan fingerprint density at radius 2 is 1.96 bits per heavy atom. The van der Waals surface area contributed by atoms with E-state index in [1.54, 1.807) is 42.5 Å². The van der Waals surface area contributed by atoms with E-state index in [1.807, 2.05) is 6.07 Å². The summed E-state index contributed by atoms with van der Waals surface area (Å²) >= 11 is 6.01. The van der Waals surface area contributed by atoms with Crippen molar-refractivity contribution in [1.82, 2.24) is 10.6 Å². The summed E-state index contributed by atoms with van der Waals surface area (Å²) < 4.78 is 0. The predicted octanol–water partition coefficient (Wildman–Crippen LogP) is 2.32. The van der Waals surface area contributed by atoms with Crippen molar-refractivity contribution in [1.29, 1.82) is 0 Å². The molecule has 27 heavy (non-hydrogen) atoms. The number of carbonyl (C=O) groups excluding carboxylic acids is 2. The highest BCUT2D eigenvalue weighted by atomic mass is 35.5. The number of carbonyl (C=O) groups is 2. The minimum atomic E-state index is -0.493. The molecule has 2 aromatic rings. The summed E-state index contributed by atoms with van der Waals surface area (Å²) in [4.78, 5) is 24.2. The molecule has 0 saturated carbocycles. The zero-order valence-corrected chi connectivity index (χ0v) is 15.3. The summed E-state index contributed by atoms with van der Waals surface area (Å²) in [5.74, 6) is -0.187. The van der Waals surface area contributed by atoms with E-state index < -0.39 is 12.1 Å². The number of aliphatic hydroxyl groups is 1. The standard InChI is InChI=1S/C19H21ClN4O3/c20-15-6-1-2-7-16(15)24-19(27)22-10-12-4-3-5-13(8-12)23-18(26)17-9-14(25)11-21-17/h1-8,14,17,21,25H,9-11H2,(H,23,26)(H2,22,24,27). The Hall–Kier alpha value is -2.61. The molecule has 0 aliphatic carbocycles. The molecule has 1 aliphatic rings. The quantitative estimate of drug-likeness (QED) is 0.542. The molecular formula is C19H21ClN4O3. The van der Waals surface area contributed by atoms with Crippen molar-refractivity contribution in [2.75, 3.05) is 17.2 Å². The van der Waals surface area contributed by atoms with E-state index >= 15 is 0 Å². The number of urea groups is 1. The summed E-state index contributed by atoms with van der Waals surface area (Å²) in [5.41, 5.74) is 2.00. The summed E-state index contributed by atoms with van der Waals surface area (Å²) in [6.45, 7) is 0.711. The van der Waals surface area contributed by atoms with Gasteiger partial charge in [-0.1, -0.05) is 35.9 Å². The van der Waals surface area contributed by atoms with Crippen LogP contribution in [0.3, 0.4) is 0 Å². The molecule has 5 N–H and O–H groups in total. The summed E-state index contributed by atoms with van der Waals surface area (Å²) in [7, 11) is 0. The minimum absolute atomic E-state index is 0.187. The summed E-state index contributed by atoms with van der Waals surface area (Å²) in [6.07, 6.45) is -0.0946. The molecule has 2 aromatic carbocycles. The molecule has 0 bridgehead atoms. The number of rotatable bonds is 5. The minimum Gasteiger partial charge on any atom is -0.392 e. The first-order valence-electron chi connectivity index (χ1n) is 8.62. The Kier molecular flexibility index (Phi) is 6.28. The van der Waals surface area contributed by atoms with E-state index in [0.29, 0.717) is 35.9 Å². The third kappa shape index (κ3) is 5.43. The number of benzene rings is 2. The number of hydrogen-bond acceptors (Lipinski definition) is 4. The van der Waals surface area contributed by atoms with E-state index in [-0.39, 0.29) is 11.9 Å². The van der Waals surface area contributed by atoms with Gasteiger partial charge in [-0.05, 0) is 36.2 Å². The number of halogens is 1. The fraction of sp³-hybridized carbons (Fsp3) is 0.263. The van der Waals surface area contributed by atoms with Gasteiger partial charge in [0.05, 0.1) is 22.9 Å². The first-order chi connectivity index (χ1) is 13.0. The van der Waals surface area contributed by atoms with Crippen molar-refractivity contribution in [2.45, 2.75) is 25.1 Å². The number of anilines is 2. The third-order valence-corrected chi connectivity index (χ3v) is 4.52. The molecule has 0 spiro atoms. The molecule has 1 heterocycles. The maximum absolute atomic E-state index is 12.2. The second-order valence-corrected chi connectivity index (χ2v) is 6.73. The molecule has 7 nitrogen and oxygen atoms in total. The van der Waals surface area contributed by atoms with E-state index in [4.69, 9.17) is 11.6 Å². The molecule has 8 heteroatoms. The van der Waals surface area contributed by atoms with Gasteiger partial charge < -0.3 is 26.4 Å². The highest BCUT2D eigenvalue weighted by molar-refractivity contribution is 6.33. The van der Waals surface area contributed by atoms with Gasteiger partial charge in [-0.3, -0.25) is 4.79 Å². The molecule has 3 amide bonds. The van der Waals surface area contributed by atoms with Crippen molar-refractivity contribution in [3.8, 4) is 0 Å². The van der Waals surface area contributed by atoms with Crippen LogP contribution in [-0.4, -0.2) is 35.7 Å². The summed E-state index contributed by atoms with van der Waals surface area (Å²) in [5, 5.41) is 21.2. The summed E-state index contributed by atoms with van der Waals surface area (Å²) in [6, 6.07) is 13.4. The maximum atomic E-state index is 12.2. The largest absolute Gasteiger partial charge is 0.392 e. The SMILES string of the molecule is O=C(NCc1cccc(NC(=O)C2CC(O)CN2)c1)Nc1ccccc1Cl. The zero-order chi connectivity index (χ0) is 19.2. The number of amides is 3. The van der Waals surface area contributed by atoms with E-state index in [2.05, 4.69) is 21.3 Å². The van der Waals surface area contributed by atoms with Crippen LogP contribution in [0.5, 0.6) is 0 Å². The Labute approximate surface area is 162 Å². The maximum Gasteiger partial charge on any atom is 0.319 e. The number of para-hydroxylation sites is 1. The third-order valence-electron chi connectivity index (χ3n) is 4.19. The highest BCUT2D eigenvalue weighted by Crippen LogP contribution is 2.20. The van der Waals surface area contributed by atoms with Gasteiger partial charge in [-0.2, -0.15) is 0 Å². The number of nitrogens with one attached hydrogen (secondary N) is 4. The Balaban J connectivity index is 1.52. The molecular weight excluding hydrogens is 368 g/mol. The molecule has 0 aromatic heterocycles. The van der Waals surface area contributed by atoms with Crippen molar-refractivity contribution in [3.05, 3.63) is 59.1 Å². The number of aliphatic hydroxyl groups excluding tert-OH is 1. The van der Waals surface area contributed by atoms with E-state index in [1.165, 1.54) is 0 Å². The fourth-order valence-electron chi connectivity index (χ4n) is 2.82. The molecule has 2 unspecified atom stereocenters. The highest BCUT2D eigenvalue weighted by Gasteiger charge is 2.27. The van der Waals surface area contributed by atoms with Gasteiger partial charge >= 0.3 is 6.03 Å². The predicted molar refractivity (Wildman–Crippen MR) is 105 cm³/mol. The second-order valence-electron chi connectivity index (χ2n) is 6.33. The van der Waals surface area contributed by atoms with Crippen LogP contribution >= 0.6 is 11.6 Å². The number of β-amino-alcohol motifs (C(OH)–C–C–N with tert-alkyl or cyclic N) is 1. The monoisotopic (exact) mass is 388 g/mol. The average Bonchev–Trinajstić information content (AvgIpc) is 3.09. The van der Waals surface area contributed by atoms with E-state index in [0.717, 1.165) is 5.56 Å². The van der Waals surface area contributed by atoms with Gasteiger partial charge in [0.1, 0.15) is 0 Å². The Morgan fingerprint density at radius 1 is 1.15 bits per heavy atom. The normalized spacial score (nSPS) is 18.7. The van der Waals surface area contributed by atoms with Crippen LogP contribution in [0.15, 0.2) is 48.5 Å². The van der Waals surface area contributed by atoms with Gasteiger partial charge in [-0.15, -0.1) is 0 Å². The average molecular weight is 389 g/mol.